The fourth-order valence-electron chi connectivity index (χ4n) is 5.04. The van der Waals surface area contributed by atoms with Crippen LogP contribution in [0.15, 0.2) is 96.1 Å². The highest BCUT2D eigenvalue weighted by molar-refractivity contribution is 5.73. The number of carboxylic acids is 1. The summed E-state index contributed by atoms with van der Waals surface area (Å²) in [6.07, 6.45) is -4.40. The Bertz CT molecular complexity index is 1250. The Kier molecular flexibility index (Phi) is 11.3. The number of azide groups is 1. The van der Waals surface area contributed by atoms with Gasteiger partial charge in [-0.05, 0) is 34.6 Å². The van der Waals surface area contributed by atoms with Gasteiger partial charge in [0.05, 0.1) is 32.0 Å². The minimum absolute atomic E-state index is 0.155. The molecule has 0 saturated carbocycles. The molecule has 6 atom stereocenters. The predicted molar refractivity (Wildman–Crippen MR) is 154 cm³/mol. The predicted octanol–water partition coefficient (Wildman–Crippen LogP) is 6.32. The van der Waals surface area contributed by atoms with E-state index in [4.69, 9.17) is 18.9 Å². The van der Waals surface area contributed by atoms with Gasteiger partial charge in [0.2, 0.25) is 0 Å². The second-order valence-electron chi connectivity index (χ2n) is 10.5. The molecule has 1 aliphatic rings. The molecule has 4 rings (SSSR count). The van der Waals surface area contributed by atoms with Crippen LogP contribution in [0.3, 0.4) is 0 Å². The van der Waals surface area contributed by atoms with E-state index in [0.717, 1.165) is 16.7 Å². The molecule has 0 amide bonds. The van der Waals surface area contributed by atoms with Gasteiger partial charge in [0.25, 0.3) is 0 Å². The number of carbonyl (C=O) groups is 1. The summed E-state index contributed by atoms with van der Waals surface area (Å²) < 4.78 is 25.5. The summed E-state index contributed by atoms with van der Waals surface area (Å²) in [5.41, 5.74) is 12.1. The second kappa shape index (κ2) is 15.3. The average Bonchev–Trinajstić information content (AvgIpc) is 2.99. The van der Waals surface area contributed by atoms with Crippen LogP contribution in [0.25, 0.3) is 10.4 Å². The summed E-state index contributed by atoms with van der Waals surface area (Å²) in [4.78, 5) is 15.7. The first-order valence-corrected chi connectivity index (χ1v) is 13.8. The molecule has 1 heterocycles. The Balaban J connectivity index is 1.72. The number of hydrogen-bond acceptors (Lipinski definition) is 6. The molecule has 41 heavy (non-hydrogen) atoms. The van der Waals surface area contributed by atoms with Gasteiger partial charge in [-0.25, -0.2) is 4.79 Å². The zero-order valence-corrected chi connectivity index (χ0v) is 23.4. The van der Waals surface area contributed by atoms with Gasteiger partial charge in [-0.2, -0.15) is 0 Å². The first-order valence-electron chi connectivity index (χ1n) is 13.8. The standard InChI is InChI=1S/C32H37N3O6/c1-22(2)18-26(34-35-33)27-28(38-19-23-12-6-3-7-13-23)29(39-20-24-14-8-4-9-15-24)30(31(41-27)32(36)37)40-21-25-16-10-5-11-17-25/h3-17,22,26-31H,18-21H2,1-2H3,(H,36,37)/t26-,27-,28-,29+,30-,31-/m0/s1. The summed E-state index contributed by atoms with van der Waals surface area (Å²) in [5.74, 6) is -1.03. The van der Waals surface area contributed by atoms with Gasteiger partial charge in [-0.1, -0.05) is 110 Å². The summed E-state index contributed by atoms with van der Waals surface area (Å²) >= 11 is 0. The smallest absolute Gasteiger partial charge is 0.335 e. The number of aliphatic carboxylic acids is 1. The highest BCUT2D eigenvalue weighted by atomic mass is 16.6. The molecule has 0 aliphatic carbocycles. The topological polar surface area (TPSA) is 123 Å². The molecule has 0 radical (unpaired) electrons. The van der Waals surface area contributed by atoms with Crippen molar-refractivity contribution in [2.75, 3.05) is 0 Å². The molecule has 1 fully saturated rings. The van der Waals surface area contributed by atoms with E-state index in [1.165, 1.54) is 0 Å². The third-order valence-corrected chi connectivity index (χ3v) is 6.96. The van der Waals surface area contributed by atoms with Crippen LogP contribution in [0.4, 0.5) is 0 Å². The van der Waals surface area contributed by atoms with Crippen molar-refractivity contribution in [1.82, 2.24) is 0 Å². The largest absolute Gasteiger partial charge is 0.479 e. The lowest BCUT2D eigenvalue weighted by Crippen LogP contribution is -2.64. The number of benzene rings is 3. The van der Waals surface area contributed by atoms with Crippen LogP contribution in [0.1, 0.15) is 37.0 Å². The van der Waals surface area contributed by atoms with Crippen molar-refractivity contribution in [3.63, 3.8) is 0 Å². The van der Waals surface area contributed by atoms with Crippen molar-refractivity contribution >= 4 is 5.97 Å². The first-order chi connectivity index (χ1) is 20.0. The maximum Gasteiger partial charge on any atom is 0.335 e. The average molecular weight is 560 g/mol. The van der Waals surface area contributed by atoms with Crippen molar-refractivity contribution in [3.05, 3.63) is 118 Å². The van der Waals surface area contributed by atoms with Crippen LogP contribution in [0.5, 0.6) is 0 Å². The van der Waals surface area contributed by atoms with Crippen LogP contribution >= 0.6 is 0 Å². The Morgan fingerprint density at radius 2 is 1.24 bits per heavy atom. The molecule has 216 valence electrons. The van der Waals surface area contributed by atoms with Gasteiger partial charge in [0.15, 0.2) is 6.10 Å². The van der Waals surface area contributed by atoms with Crippen LogP contribution in [-0.2, 0) is 43.6 Å². The first kappa shape index (κ1) is 30.2. The van der Waals surface area contributed by atoms with Crippen molar-refractivity contribution in [1.29, 1.82) is 0 Å². The van der Waals surface area contributed by atoms with Crippen molar-refractivity contribution in [2.24, 2.45) is 11.0 Å². The SMILES string of the molecule is CC(C)C[C@H](N=[N+]=[N-])[C@@H]1O[C@H](C(=O)O)[C@@H](OCc2ccccc2)[C@H](OCc2ccccc2)[C@H]1OCc1ccccc1. The maximum absolute atomic E-state index is 12.6. The van der Waals surface area contributed by atoms with Crippen LogP contribution < -0.4 is 0 Å². The molecule has 1 N–H and O–H groups in total. The second-order valence-corrected chi connectivity index (χ2v) is 10.5. The quantitative estimate of drug-likeness (QED) is 0.140. The number of hydrogen-bond donors (Lipinski definition) is 1. The lowest BCUT2D eigenvalue weighted by molar-refractivity contribution is -0.268. The molecule has 9 heteroatoms. The molecule has 9 nitrogen and oxygen atoms in total. The molecular formula is C32H37N3O6. The van der Waals surface area contributed by atoms with Gasteiger partial charge in [0, 0.05) is 4.91 Å². The van der Waals surface area contributed by atoms with Gasteiger partial charge in [-0.15, -0.1) is 0 Å². The normalized spacial score (nSPS) is 23.0. The number of nitrogens with zero attached hydrogens (tertiary/aromatic N) is 3. The van der Waals surface area contributed by atoms with E-state index in [9.17, 15) is 15.4 Å². The Morgan fingerprint density at radius 1 is 0.805 bits per heavy atom. The highest BCUT2D eigenvalue weighted by Crippen LogP contribution is 2.34. The van der Waals surface area contributed by atoms with E-state index in [1.54, 1.807) is 0 Å². The zero-order valence-electron chi connectivity index (χ0n) is 23.4. The maximum atomic E-state index is 12.6. The van der Waals surface area contributed by atoms with E-state index >= 15 is 0 Å². The van der Waals surface area contributed by atoms with E-state index in [2.05, 4.69) is 10.0 Å². The molecular weight excluding hydrogens is 522 g/mol. The molecule has 0 spiro atoms. The molecule has 0 unspecified atom stereocenters. The van der Waals surface area contributed by atoms with E-state index in [0.29, 0.717) is 6.42 Å². The summed E-state index contributed by atoms with van der Waals surface area (Å²) in [6, 6.07) is 28.1. The molecule has 3 aromatic rings. The molecule has 0 aromatic heterocycles. The molecule has 0 bridgehead atoms. The van der Waals surface area contributed by atoms with Gasteiger partial charge in [-0.3, -0.25) is 0 Å². The van der Waals surface area contributed by atoms with Gasteiger partial charge >= 0.3 is 5.97 Å². The number of ether oxygens (including phenoxy) is 4. The lowest BCUT2D eigenvalue weighted by Gasteiger charge is -2.46. The van der Waals surface area contributed by atoms with Crippen LogP contribution in [-0.4, -0.2) is 47.6 Å². The molecule has 1 saturated heterocycles. The molecule has 3 aromatic carbocycles. The Hall–Kier alpha value is -3.72. The highest BCUT2D eigenvalue weighted by Gasteiger charge is 2.53. The van der Waals surface area contributed by atoms with Gasteiger partial charge < -0.3 is 24.1 Å². The fraction of sp³-hybridized carbons (Fsp3) is 0.406. The zero-order chi connectivity index (χ0) is 29.0. The summed E-state index contributed by atoms with van der Waals surface area (Å²) in [7, 11) is 0. The monoisotopic (exact) mass is 559 g/mol. The minimum atomic E-state index is -1.37. The Morgan fingerprint density at radius 3 is 1.66 bits per heavy atom. The minimum Gasteiger partial charge on any atom is -0.479 e. The van der Waals surface area contributed by atoms with E-state index in [1.807, 2.05) is 105 Å². The van der Waals surface area contributed by atoms with Crippen molar-refractivity contribution < 1.29 is 28.8 Å². The number of rotatable bonds is 14. The summed E-state index contributed by atoms with van der Waals surface area (Å²) in [6.45, 7) is 4.60. The summed E-state index contributed by atoms with van der Waals surface area (Å²) in [5, 5.41) is 14.4. The van der Waals surface area contributed by atoms with Crippen molar-refractivity contribution in [3.8, 4) is 0 Å². The lowest BCUT2D eigenvalue weighted by atomic mass is 9.87. The third kappa shape index (κ3) is 8.63. The fourth-order valence-corrected chi connectivity index (χ4v) is 5.04. The van der Waals surface area contributed by atoms with Gasteiger partial charge in [0.1, 0.15) is 18.3 Å². The van der Waals surface area contributed by atoms with E-state index in [-0.39, 0.29) is 25.7 Å². The van der Waals surface area contributed by atoms with Crippen molar-refractivity contribution in [2.45, 2.75) is 76.7 Å². The van der Waals surface area contributed by atoms with Crippen LogP contribution in [0.2, 0.25) is 0 Å². The molecule has 1 aliphatic heterocycles. The van der Waals surface area contributed by atoms with E-state index < -0.39 is 42.5 Å². The third-order valence-electron chi connectivity index (χ3n) is 6.96. The Labute approximate surface area is 240 Å². The van der Waals surface area contributed by atoms with Crippen LogP contribution in [0, 0.1) is 5.92 Å². The number of carboxylic acid groups (broad SMARTS) is 1.